The second-order valence-corrected chi connectivity index (χ2v) is 6.88. The summed E-state index contributed by atoms with van der Waals surface area (Å²) < 4.78 is 15.6. The van der Waals surface area contributed by atoms with Crippen LogP contribution in [0, 0.1) is 0 Å². The first-order valence-corrected chi connectivity index (χ1v) is 9.64. The quantitative estimate of drug-likeness (QED) is 0.644. The van der Waals surface area contributed by atoms with Crippen LogP contribution in [0.15, 0.2) is 48.5 Å². The number of ether oxygens (including phenoxy) is 3. The summed E-state index contributed by atoms with van der Waals surface area (Å²) in [6, 6.07) is 14.6. The van der Waals surface area contributed by atoms with Gasteiger partial charge in [0.2, 0.25) is 0 Å². The highest BCUT2D eigenvalue weighted by molar-refractivity contribution is 6.30. The lowest BCUT2D eigenvalue weighted by atomic mass is 10.2. The number of halogens is 1. The molecule has 2 aromatic carbocycles. The predicted octanol–water partition coefficient (Wildman–Crippen LogP) is 2.62. The van der Waals surface area contributed by atoms with Crippen molar-refractivity contribution in [2.24, 2.45) is 0 Å². The van der Waals surface area contributed by atoms with Gasteiger partial charge in [-0.1, -0.05) is 29.8 Å². The Labute approximate surface area is 174 Å². The lowest BCUT2D eigenvalue weighted by molar-refractivity contribution is -0.153. The molecule has 3 rings (SSSR count). The van der Waals surface area contributed by atoms with Crippen LogP contribution in [0.3, 0.4) is 0 Å². The van der Waals surface area contributed by atoms with Gasteiger partial charge in [0.1, 0.15) is 0 Å². The van der Waals surface area contributed by atoms with Crippen LogP contribution in [0.4, 0.5) is 5.69 Å². The Bertz CT molecular complexity index is 852. The zero-order valence-electron chi connectivity index (χ0n) is 16.2. The highest BCUT2D eigenvalue weighted by Crippen LogP contribution is 2.25. The molecule has 0 aromatic heterocycles. The summed E-state index contributed by atoms with van der Waals surface area (Å²) in [4.78, 5) is 28.1. The van der Waals surface area contributed by atoms with E-state index in [0.717, 1.165) is 5.69 Å². The van der Waals surface area contributed by atoms with E-state index in [4.69, 9.17) is 25.8 Å². The molecule has 1 fully saturated rings. The maximum Gasteiger partial charge on any atom is 0.344 e. The second-order valence-electron chi connectivity index (χ2n) is 6.45. The van der Waals surface area contributed by atoms with Crippen molar-refractivity contribution in [2.45, 2.75) is 0 Å². The van der Waals surface area contributed by atoms with Gasteiger partial charge < -0.3 is 24.0 Å². The molecule has 154 valence electrons. The van der Waals surface area contributed by atoms with E-state index in [9.17, 15) is 9.59 Å². The normalized spacial score (nSPS) is 13.7. The minimum atomic E-state index is -0.609. The number of benzene rings is 2. The Morgan fingerprint density at radius 3 is 2.38 bits per heavy atom. The number of rotatable bonds is 7. The van der Waals surface area contributed by atoms with E-state index >= 15 is 0 Å². The molecule has 8 heteroatoms. The molecule has 0 aliphatic carbocycles. The fraction of sp³-hybridized carbons (Fsp3) is 0.333. The second kappa shape index (κ2) is 10.0. The van der Waals surface area contributed by atoms with Gasteiger partial charge in [-0.25, -0.2) is 4.79 Å². The smallest absolute Gasteiger partial charge is 0.344 e. The summed E-state index contributed by atoms with van der Waals surface area (Å²) in [7, 11) is 1.52. The van der Waals surface area contributed by atoms with Crippen molar-refractivity contribution in [3.05, 3.63) is 53.6 Å². The van der Waals surface area contributed by atoms with E-state index in [2.05, 4.69) is 4.90 Å². The molecule has 7 nitrogen and oxygen atoms in total. The fourth-order valence-corrected chi connectivity index (χ4v) is 3.22. The Balaban J connectivity index is 1.40. The van der Waals surface area contributed by atoms with Crippen molar-refractivity contribution < 1.29 is 23.8 Å². The summed E-state index contributed by atoms with van der Waals surface area (Å²) in [5.41, 5.74) is 1.03. The molecular formula is C21H23ClN2O5. The molecule has 0 bridgehead atoms. The van der Waals surface area contributed by atoms with E-state index < -0.39 is 5.97 Å². The van der Waals surface area contributed by atoms with Crippen LogP contribution in [0.2, 0.25) is 5.02 Å². The standard InChI is InChI=1S/C21H23ClN2O5/c1-27-18-7-2-3-8-19(18)28-15-21(26)29-14-20(25)24-11-9-23(10-12-24)17-6-4-5-16(22)13-17/h2-8,13H,9-12,14-15H2,1H3. The zero-order valence-corrected chi connectivity index (χ0v) is 16.9. The van der Waals surface area contributed by atoms with Crippen LogP contribution < -0.4 is 14.4 Å². The van der Waals surface area contributed by atoms with Gasteiger partial charge in [0.15, 0.2) is 24.7 Å². The number of methoxy groups -OCH3 is 1. The Hall–Kier alpha value is -2.93. The van der Waals surface area contributed by atoms with Gasteiger partial charge >= 0.3 is 5.97 Å². The summed E-state index contributed by atoms with van der Waals surface area (Å²) in [5, 5.41) is 0.684. The fourth-order valence-electron chi connectivity index (χ4n) is 3.04. The molecule has 1 saturated heterocycles. The van der Waals surface area contributed by atoms with Gasteiger partial charge in [0.05, 0.1) is 7.11 Å². The lowest BCUT2D eigenvalue weighted by Crippen LogP contribution is -2.50. The van der Waals surface area contributed by atoms with E-state index in [-0.39, 0.29) is 19.1 Å². The molecule has 0 spiro atoms. The summed E-state index contributed by atoms with van der Waals surface area (Å²) in [6.45, 7) is 1.90. The molecule has 1 aliphatic heterocycles. The number of hydrogen-bond donors (Lipinski definition) is 0. The van der Waals surface area contributed by atoms with Crippen LogP contribution in [0.5, 0.6) is 11.5 Å². The minimum absolute atomic E-state index is 0.221. The third-order valence-electron chi connectivity index (χ3n) is 4.58. The largest absolute Gasteiger partial charge is 0.493 e. The Morgan fingerprint density at radius 2 is 1.69 bits per heavy atom. The minimum Gasteiger partial charge on any atom is -0.493 e. The molecule has 1 aliphatic rings. The first-order chi connectivity index (χ1) is 14.1. The summed E-state index contributed by atoms with van der Waals surface area (Å²) in [6.07, 6.45) is 0. The molecule has 0 atom stereocenters. The van der Waals surface area contributed by atoms with Gasteiger partial charge in [0, 0.05) is 36.9 Å². The third-order valence-corrected chi connectivity index (χ3v) is 4.81. The topological polar surface area (TPSA) is 68.3 Å². The number of hydrogen-bond acceptors (Lipinski definition) is 6. The van der Waals surface area contributed by atoms with Crippen LogP contribution in [0.1, 0.15) is 0 Å². The van der Waals surface area contributed by atoms with Crippen LogP contribution in [-0.4, -0.2) is 63.3 Å². The summed E-state index contributed by atoms with van der Waals surface area (Å²) >= 11 is 6.04. The average Bonchev–Trinajstić information content (AvgIpc) is 2.76. The molecule has 29 heavy (non-hydrogen) atoms. The van der Waals surface area contributed by atoms with Crippen molar-refractivity contribution in [1.29, 1.82) is 0 Å². The number of anilines is 1. The Morgan fingerprint density at radius 1 is 0.966 bits per heavy atom. The predicted molar refractivity (Wildman–Crippen MR) is 110 cm³/mol. The highest BCUT2D eigenvalue weighted by Gasteiger charge is 2.22. The van der Waals surface area contributed by atoms with Crippen molar-refractivity contribution in [3.8, 4) is 11.5 Å². The lowest BCUT2D eigenvalue weighted by Gasteiger charge is -2.36. The van der Waals surface area contributed by atoms with E-state index in [1.54, 1.807) is 29.2 Å². The van der Waals surface area contributed by atoms with Gasteiger partial charge in [-0.05, 0) is 30.3 Å². The highest BCUT2D eigenvalue weighted by atomic mass is 35.5. The van der Waals surface area contributed by atoms with Gasteiger partial charge in [-0.3, -0.25) is 4.79 Å². The maximum absolute atomic E-state index is 12.3. The first-order valence-electron chi connectivity index (χ1n) is 9.26. The average molecular weight is 419 g/mol. The third kappa shape index (κ3) is 5.77. The van der Waals surface area contributed by atoms with Gasteiger partial charge in [-0.15, -0.1) is 0 Å². The van der Waals surface area contributed by atoms with Crippen LogP contribution in [0.25, 0.3) is 0 Å². The van der Waals surface area contributed by atoms with Crippen LogP contribution in [-0.2, 0) is 14.3 Å². The van der Waals surface area contributed by atoms with Gasteiger partial charge in [-0.2, -0.15) is 0 Å². The van der Waals surface area contributed by atoms with E-state index in [0.29, 0.717) is 42.7 Å². The number of para-hydroxylation sites is 2. The number of esters is 1. The molecule has 0 radical (unpaired) electrons. The zero-order chi connectivity index (χ0) is 20.6. The van der Waals surface area contributed by atoms with Crippen molar-refractivity contribution in [1.82, 2.24) is 4.90 Å². The number of amides is 1. The van der Waals surface area contributed by atoms with Crippen molar-refractivity contribution >= 4 is 29.2 Å². The summed E-state index contributed by atoms with van der Waals surface area (Å²) in [5.74, 6) is 0.132. The Kier molecular flexibility index (Phi) is 7.19. The van der Waals surface area contributed by atoms with Gasteiger partial charge in [0.25, 0.3) is 5.91 Å². The molecule has 0 N–H and O–H groups in total. The molecule has 1 heterocycles. The SMILES string of the molecule is COc1ccccc1OCC(=O)OCC(=O)N1CCN(c2cccc(Cl)c2)CC1. The monoisotopic (exact) mass is 418 g/mol. The molecule has 0 saturated carbocycles. The molecular weight excluding hydrogens is 396 g/mol. The number of nitrogens with zero attached hydrogens (tertiary/aromatic N) is 2. The molecule has 1 amide bonds. The molecule has 2 aromatic rings. The maximum atomic E-state index is 12.3. The van der Waals surface area contributed by atoms with Crippen LogP contribution >= 0.6 is 11.6 Å². The van der Waals surface area contributed by atoms with E-state index in [1.165, 1.54) is 7.11 Å². The van der Waals surface area contributed by atoms with Crippen molar-refractivity contribution in [3.63, 3.8) is 0 Å². The molecule has 0 unspecified atom stereocenters. The number of carbonyl (C=O) groups excluding carboxylic acids is 2. The number of piperazine rings is 1. The van der Waals surface area contributed by atoms with Crippen molar-refractivity contribution in [2.75, 3.05) is 51.4 Å². The first kappa shape index (κ1) is 20.8. The van der Waals surface area contributed by atoms with E-state index in [1.807, 2.05) is 24.3 Å². The number of carbonyl (C=O) groups is 2.